The number of carbonyl (C=O) groups is 2. The van der Waals surface area contributed by atoms with Gasteiger partial charge in [-0.3, -0.25) is 14.5 Å². The predicted octanol–water partition coefficient (Wildman–Crippen LogP) is 3.44. The van der Waals surface area contributed by atoms with E-state index in [0.717, 1.165) is 43.9 Å². The molecule has 1 saturated heterocycles. The van der Waals surface area contributed by atoms with Crippen LogP contribution in [0, 0.1) is 0 Å². The van der Waals surface area contributed by atoms with E-state index in [9.17, 15) is 9.59 Å². The van der Waals surface area contributed by atoms with Crippen molar-refractivity contribution in [3.8, 4) is 0 Å². The minimum absolute atomic E-state index is 0.0958. The van der Waals surface area contributed by atoms with Crippen LogP contribution in [0.25, 0.3) is 5.57 Å². The van der Waals surface area contributed by atoms with Crippen LogP contribution >= 0.6 is 11.3 Å². The Morgan fingerprint density at radius 2 is 1.67 bits per heavy atom. The minimum Gasteiger partial charge on any atom is -0.364 e. The highest BCUT2D eigenvalue weighted by molar-refractivity contribution is 7.11. The molecule has 0 atom stereocenters. The fourth-order valence-electron chi connectivity index (χ4n) is 3.78. The van der Waals surface area contributed by atoms with Gasteiger partial charge in [-0.25, -0.2) is 0 Å². The van der Waals surface area contributed by atoms with Gasteiger partial charge in [-0.1, -0.05) is 45.1 Å². The van der Waals surface area contributed by atoms with E-state index < -0.39 is 0 Å². The number of thiophene rings is 1. The van der Waals surface area contributed by atoms with Crippen molar-refractivity contribution in [2.45, 2.75) is 45.4 Å². The zero-order chi connectivity index (χ0) is 19.2. The van der Waals surface area contributed by atoms with Crippen molar-refractivity contribution in [1.29, 1.82) is 0 Å². The maximum Gasteiger partial charge on any atom is 0.277 e. The number of hydrogen-bond donors (Lipinski definition) is 0. The van der Waals surface area contributed by atoms with E-state index in [0.29, 0.717) is 17.8 Å². The highest BCUT2D eigenvalue weighted by Gasteiger charge is 2.41. The third kappa shape index (κ3) is 4.61. The van der Waals surface area contributed by atoms with Gasteiger partial charge >= 0.3 is 0 Å². The zero-order valence-electron chi connectivity index (χ0n) is 16.6. The highest BCUT2D eigenvalue weighted by Crippen LogP contribution is 2.34. The van der Waals surface area contributed by atoms with Crippen LogP contribution in [0.2, 0.25) is 0 Å². The maximum atomic E-state index is 13.2. The number of hydrogen-bond acceptors (Lipinski definition) is 5. The molecule has 3 rings (SSSR count). The Labute approximate surface area is 166 Å². The average molecular weight is 390 g/mol. The molecule has 2 amide bonds. The Morgan fingerprint density at radius 3 is 2.33 bits per heavy atom. The maximum absolute atomic E-state index is 13.2. The Hall–Kier alpha value is -1.66. The van der Waals surface area contributed by atoms with E-state index in [2.05, 4.69) is 23.8 Å². The molecule has 0 N–H and O–H groups in total. The van der Waals surface area contributed by atoms with Gasteiger partial charge in [0.1, 0.15) is 5.70 Å². The summed E-state index contributed by atoms with van der Waals surface area (Å²) in [6.07, 6.45) is 6.89. The highest BCUT2D eigenvalue weighted by atomic mass is 32.1. The molecule has 1 aromatic rings. The average Bonchev–Trinajstić information content (AvgIpc) is 3.27. The van der Waals surface area contributed by atoms with E-state index in [-0.39, 0.29) is 11.8 Å². The standard InChI is InChI=1S/C21H31N3O2S/c1-3-4-5-6-7-8-11-24-20(25)18(17-10-9-16-27-17)19(21(24)26)23-14-12-22(2)13-15-23/h9-10,16H,3-8,11-15H2,1-2H3. The molecule has 1 aromatic heterocycles. The first-order valence-corrected chi connectivity index (χ1v) is 11.1. The summed E-state index contributed by atoms with van der Waals surface area (Å²) in [4.78, 5) is 33.1. The van der Waals surface area contributed by atoms with Crippen LogP contribution in [-0.2, 0) is 9.59 Å². The first-order chi connectivity index (χ1) is 13.1. The smallest absolute Gasteiger partial charge is 0.277 e. The third-order valence-corrected chi connectivity index (χ3v) is 6.35. The lowest BCUT2D eigenvalue weighted by atomic mass is 10.1. The summed E-state index contributed by atoms with van der Waals surface area (Å²) >= 11 is 1.54. The number of unbranched alkanes of at least 4 members (excludes halogenated alkanes) is 5. The number of likely N-dealkylation sites (N-methyl/N-ethyl adjacent to an activating group) is 1. The fourth-order valence-corrected chi connectivity index (χ4v) is 4.55. The van der Waals surface area contributed by atoms with Gasteiger partial charge in [0.05, 0.1) is 5.57 Å². The monoisotopic (exact) mass is 389 g/mol. The van der Waals surface area contributed by atoms with Crippen LogP contribution < -0.4 is 0 Å². The number of nitrogens with zero attached hydrogens (tertiary/aromatic N) is 3. The van der Waals surface area contributed by atoms with Crippen molar-refractivity contribution < 1.29 is 9.59 Å². The number of amides is 2. The third-order valence-electron chi connectivity index (χ3n) is 5.47. The second-order valence-electron chi connectivity index (χ2n) is 7.52. The second kappa shape index (κ2) is 9.51. The van der Waals surface area contributed by atoms with Crippen molar-refractivity contribution in [2.24, 2.45) is 0 Å². The zero-order valence-corrected chi connectivity index (χ0v) is 17.4. The topological polar surface area (TPSA) is 43.9 Å². The molecule has 0 unspecified atom stereocenters. The molecule has 27 heavy (non-hydrogen) atoms. The summed E-state index contributed by atoms with van der Waals surface area (Å²) in [5.74, 6) is -0.202. The van der Waals surface area contributed by atoms with Crippen molar-refractivity contribution in [3.05, 3.63) is 28.1 Å². The second-order valence-corrected chi connectivity index (χ2v) is 8.47. The molecule has 6 heteroatoms. The molecule has 0 saturated carbocycles. The number of carbonyl (C=O) groups excluding carboxylic acids is 2. The van der Waals surface area contributed by atoms with Crippen LogP contribution in [0.15, 0.2) is 23.2 Å². The lowest BCUT2D eigenvalue weighted by Gasteiger charge is -2.34. The van der Waals surface area contributed by atoms with Gasteiger partial charge in [0.25, 0.3) is 11.8 Å². The van der Waals surface area contributed by atoms with Crippen LogP contribution in [0.3, 0.4) is 0 Å². The molecule has 2 aliphatic heterocycles. The van der Waals surface area contributed by atoms with E-state index >= 15 is 0 Å². The molecule has 2 aliphatic rings. The molecule has 148 valence electrons. The van der Waals surface area contributed by atoms with Crippen molar-refractivity contribution in [1.82, 2.24) is 14.7 Å². The first kappa shape index (κ1) is 20.1. The SMILES string of the molecule is CCCCCCCCN1C(=O)C(c2cccs2)=C(N2CCN(C)CC2)C1=O. The Kier molecular flexibility index (Phi) is 7.07. The quantitative estimate of drug-likeness (QED) is 0.479. The molecule has 0 aliphatic carbocycles. The van der Waals surface area contributed by atoms with Gasteiger partial charge in [0.2, 0.25) is 0 Å². The summed E-state index contributed by atoms with van der Waals surface area (Å²) in [6.45, 7) is 6.17. The Morgan fingerprint density at radius 1 is 0.963 bits per heavy atom. The van der Waals surface area contributed by atoms with Crippen molar-refractivity contribution in [3.63, 3.8) is 0 Å². The Bertz CT molecular complexity index is 676. The molecule has 0 spiro atoms. The fraction of sp³-hybridized carbons (Fsp3) is 0.619. The van der Waals surface area contributed by atoms with Crippen LogP contribution in [-0.4, -0.2) is 66.3 Å². The lowest BCUT2D eigenvalue weighted by molar-refractivity contribution is -0.137. The van der Waals surface area contributed by atoms with Crippen LogP contribution in [0.1, 0.15) is 50.3 Å². The molecular weight excluding hydrogens is 358 g/mol. The van der Waals surface area contributed by atoms with Crippen LogP contribution in [0.4, 0.5) is 0 Å². The van der Waals surface area contributed by atoms with Gasteiger partial charge < -0.3 is 9.80 Å². The van der Waals surface area contributed by atoms with Gasteiger partial charge in [-0.15, -0.1) is 11.3 Å². The lowest BCUT2D eigenvalue weighted by Crippen LogP contribution is -2.46. The largest absolute Gasteiger partial charge is 0.364 e. The summed E-state index contributed by atoms with van der Waals surface area (Å²) < 4.78 is 0. The van der Waals surface area contributed by atoms with E-state index in [4.69, 9.17) is 0 Å². The van der Waals surface area contributed by atoms with E-state index in [1.165, 1.54) is 41.9 Å². The molecule has 5 nitrogen and oxygen atoms in total. The van der Waals surface area contributed by atoms with Gasteiger partial charge in [-0.05, 0) is 24.9 Å². The van der Waals surface area contributed by atoms with E-state index in [1.807, 2.05) is 17.5 Å². The normalized spacial score (nSPS) is 18.9. The van der Waals surface area contributed by atoms with E-state index in [1.54, 1.807) is 0 Å². The molecule has 3 heterocycles. The minimum atomic E-state index is -0.107. The summed E-state index contributed by atoms with van der Waals surface area (Å²) in [7, 11) is 2.10. The van der Waals surface area contributed by atoms with Crippen molar-refractivity contribution >= 4 is 28.7 Å². The van der Waals surface area contributed by atoms with Gasteiger partial charge in [-0.2, -0.15) is 0 Å². The molecule has 0 radical (unpaired) electrons. The molecule has 1 fully saturated rings. The molecule has 0 aromatic carbocycles. The van der Waals surface area contributed by atoms with Gasteiger partial charge in [0.15, 0.2) is 0 Å². The van der Waals surface area contributed by atoms with Gasteiger partial charge in [0, 0.05) is 37.6 Å². The van der Waals surface area contributed by atoms with Crippen LogP contribution in [0.5, 0.6) is 0 Å². The summed E-state index contributed by atoms with van der Waals surface area (Å²) in [6, 6.07) is 3.90. The number of imide groups is 1. The number of piperazine rings is 1. The predicted molar refractivity (Wildman–Crippen MR) is 110 cm³/mol. The Balaban J connectivity index is 1.72. The first-order valence-electron chi connectivity index (χ1n) is 10.2. The number of rotatable bonds is 9. The summed E-state index contributed by atoms with van der Waals surface area (Å²) in [5.41, 5.74) is 1.24. The summed E-state index contributed by atoms with van der Waals surface area (Å²) in [5, 5.41) is 1.97. The molecule has 0 bridgehead atoms. The van der Waals surface area contributed by atoms with Crippen molar-refractivity contribution in [2.75, 3.05) is 39.8 Å². The molecular formula is C21H31N3O2S.